The molecule has 1 rings (SSSR count). The Labute approximate surface area is 124 Å². The maximum absolute atomic E-state index is 12.1. The van der Waals surface area contributed by atoms with Crippen molar-refractivity contribution in [1.29, 1.82) is 0 Å². The maximum Gasteiger partial charge on any atom is 0.317 e. The van der Waals surface area contributed by atoms with Gasteiger partial charge in [-0.3, -0.25) is 9.59 Å². The van der Waals surface area contributed by atoms with Crippen LogP contribution in [0.15, 0.2) is 0 Å². The molecule has 120 valence electrons. The van der Waals surface area contributed by atoms with Crippen LogP contribution in [-0.2, 0) is 14.3 Å². The predicted molar refractivity (Wildman–Crippen MR) is 75.8 cm³/mol. The first kappa shape index (κ1) is 17.3. The molecule has 0 spiro atoms. The summed E-state index contributed by atoms with van der Waals surface area (Å²) in [5, 5.41) is 12.1. The molecule has 1 saturated carbocycles. The first-order valence-corrected chi connectivity index (χ1v) is 7.13. The standard InChI is InChI=1S/C14H24N2O5/c1-14(12(18)19)8-4-6-10(14)15-13(20)16(2)9-5-7-11(17)21-3/h10H,4-9H2,1-3H3,(H,15,20)(H,18,19). The lowest BCUT2D eigenvalue weighted by molar-refractivity contribution is -0.148. The number of ether oxygens (including phenoxy) is 1. The van der Waals surface area contributed by atoms with Crippen LogP contribution in [0.2, 0.25) is 0 Å². The van der Waals surface area contributed by atoms with Crippen molar-refractivity contribution in [3.63, 3.8) is 0 Å². The molecule has 2 N–H and O–H groups in total. The fourth-order valence-corrected chi connectivity index (χ4v) is 2.58. The zero-order chi connectivity index (χ0) is 16.0. The molecule has 0 heterocycles. The highest BCUT2D eigenvalue weighted by Crippen LogP contribution is 2.38. The van der Waals surface area contributed by atoms with E-state index in [2.05, 4.69) is 10.1 Å². The zero-order valence-electron chi connectivity index (χ0n) is 12.8. The van der Waals surface area contributed by atoms with Crippen LogP contribution in [-0.4, -0.2) is 54.7 Å². The second kappa shape index (κ2) is 7.28. The fourth-order valence-electron chi connectivity index (χ4n) is 2.58. The lowest BCUT2D eigenvalue weighted by Gasteiger charge is -2.29. The van der Waals surface area contributed by atoms with Gasteiger partial charge in [0, 0.05) is 26.1 Å². The average molecular weight is 300 g/mol. The number of amides is 2. The number of nitrogens with zero attached hydrogens (tertiary/aromatic N) is 1. The molecule has 0 aromatic carbocycles. The van der Waals surface area contributed by atoms with Gasteiger partial charge < -0.3 is 20.1 Å². The summed E-state index contributed by atoms with van der Waals surface area (Å²) < 4.78 is 4.53. The van der Waals surface area contributed by atoms with Crippen molar-refractivity contribution in [2.24, 2.45) is 5.41 Å². The average Bonchev–Trinajstić information content (AvgIpc) is 2.81. The van der Waals surface area contributed by atoms with Gasteiger partial charge in [0.25, 0.3) is 0 Å². The summed E-state index contributed by atoms with van der Waals surface area (Å²) in [6.07, 6.45) is 2.80. The molecule has 1 aliphatic rings. The number of aliphatic carboxylic acids is 1. The summed E-state index contributed by atoms with van der Waals surface area (Å²) in [5.41, 5.74) is -0.900. The second-order valence-corrected chi connectivity index (χ2v) is 5.72. The molecule has 7 heteroatoms. The first-order valence-electron chi connectivity index (χ1n) is 7.13. The molecule has 21 heavy (non-hydrogen) atoms. The minimum atomic E-state index is -0.900. The number of carboxylic acid groups (broad SMARTS) is 1. The summed E-state index contributed by atoms with van der Waals surface area (Å²) in [7, 11) is 2.95. The van der Waals surface area contributed by atoms with E-state index in [1.54, 1.807) is 14.0 Å². The van der Waals surface area contributed by atoms with Crippen LogP contribution in [0.4, 0.5) is 4.79 Å². The summed E-state index contributed by atoms with van der Waals surface area (Å²) in [4.78, 5) is 35.9. The Morgan fingerprint density at radius 1 is 1.43 bits per heavy atom. The number of hydrogen-bond acceptors (Lipinski definition) is 4. The number of rotatable bonds is 6. The Morgan fingerprint density at radius 3 is 2.67 bits per heavy atom. The molecule has 7 nitrogen and oxygen atoms in total. The number of methoxy groups -OCH3 is 1. The molecule has 1 aliphatic carbocycles. The third-order valence-corrected chi connectivity index (χ3v) is 4.19. The number of carboxylic acids is 1. The van der Waals surface area contributed by atoms with E-state index in [1.807, 2.05) is 0 Å². The second-order valence-electron chi connectivity index (χ2n) is 5.72. The molecule has 0 aliphatic heterocycles. The largest absolute Gasteiger partial charge is 0.481 e. The van der Waals surface area contributed by atoms with Crippen molar-refractivity contribution in [3.05, 3.63) is 0 Å². The number of urea groups is 1. The van der Waals surface area contributed by atoms with Gasteiger partial charge in [-0.05, 0) is 26.2 Å². The van der Waals surface area contributed by atoms with Crippen LogP contribution in [0.5, 0.6) is 0 Å². The van der Waals surface area contributed by atoms with Crippen LogP contribution in [0.25, 0.3) is 0 Å². The van der Waals surface area contributed by atoms with Gasteiger partial charge >= 0.3 is 18.0 Å². The number of esters is 1. The Balaban J connectivity index is 2.45. The Hall–Kier alpha value is -1.79. The quantitative estimate of drug-likeness (QED) is 0.719. The van der Waals surface area contributed by atoms with Crippen LogP contribution >= 0.6 is 0 Å². The van der Waals surface area contributed by atoms with Gasteiger partial charge in [0.15, 0.2) is 0 Å². The van der Waals surface area contributed by atoms with E-state index in [-0.39, 0.29) is 24.5 Å². The molecular weight excluding hydrogens is 276 g/mol. The molecule has 2 atom stereocenters. The van der Waals surface area contributed by atoms with Gasteiger partial charge in [-0.25, -0.2) is 4.79 Å². The van der Waals surface area contributed by atoms with E-state index in [1.165, 1.54) is 12.0 Å². The molecule has 0 radical (unpaired) electrons. The van der Waals surface area contributed by atoms with Gasteiger partial charge in [0.1, 0.15) is 0 Å². The molecule has 2 amide bonds. The molecule has 1 fully saturated rings. The van der Waals surface area contributed by atoms with E-state index in [0.29, 0.717) is 25.8 Å². The summed E-state index contributed by atoms with van der Waals surface area (Å²) in [6.45, 7) is 2.09. The van der Waals surface area contributed by atoms with Gasteiger partial charge in [-0.15, -0.1) is 0 Å². The van der Waals surface area contributed by atoms with Crippen LogP contribution in [0.1, 0.15) is 39.0 Å². The first-order chi connectivity index (χ1) is 9.81. The monoisotopic (exact) mass is 300 g/mol. The molecule has 0 aromatic rings. The lowest BCUT2D eigenvalue weighted by atomic mass is 9.85. The highest BCUT2D eigenvalue weighted by atomic mass is 16.5. The predicted octanol–water partition coefficient (Wildman–Crippen LogP) is 1.22. The van der Waals surface area contributed by atoms with E-state index >= 15 is 0 Å². The number of carbonyl (C=O) groups is 3. The van der Waals surface area contributed by atoms with Crippen molar-refractivity contribution >= 4 is 18.0 Å². The highest BCUT2D eigenvalue weighted by molar-refractivity contribution is 5.79. The number of carbonyl (C=O) groups excluding carboxylic acids is 2. The topological polar surface area (TPSA) is 95.9 Å². The van der Waals surface area contributed by atoms with Gasteiger partial charge in [-0.1, -0.05) is 6.42 Å². The molecule has 0 bridgehead atoms. The normalized spacial score (nSPS) is 24.4. The van der Waals surface area contributed by atoms with Crippen molar-refractivity contribution < 1.29 is 24.2 Å². The van der Waals surface area contributed by atoms with E-state index < -0.39 is 11.4 Å². The minimum absolute atomic E-state index is 0.254. The molecule has 2 unspecified atom stereocenters. The smallest absolute Gasteiger partial charge is 0.317 e. The SMILES string of the molecule is COC(=O)CCCN(C)C(=O)NC1CCCC1(C)C(=O)O. The van der Waals surface area contributed by atoms with Gasteiger partial charge in [-0.2, -0.15) is 0 Å². The Morgan fingerprint density at radius 2 is 2.10 bits per heavy atom. The highest BCUT2D eigenvalue weighted by Gasteiger charge is 2.46. The van der Waals surface area contributed by atoms with Crippen LogP contribution in [0.3, 0.4) is 0 Å². The zero-order valence-corrected chi connectivity index (χ0v) is 12.8. The Bertz CT molecular complexity index is 412. The van der Waals surface area contributed by atoms with E-state index in [9.17, 15) is 19.5 Å². The minimum Gasteiger partial charge on any atom is -0.481 e. The van der Waals surface area contributed by atoms with Crippen molar-refractivity contribution in [1.82, 2.24) is 10.2 Å². The summed E-state index contributed by atoms with van der Waals surface area (Å²) in [6, 6.07) is -0.662. The number of hydrogen-bond donors (Lipinski definition) is 2. The van der Waals surface area contributed by atoms with Crippen molar-refractivity contribution in [2.45, 2.75) is 45.1 Å². The summed E-state index contributed by atoms with van der Waals surface area (Å²) >= 11 is 0. The molecular formula is C14H24N2O5. The van der Waals surface area contributed by atoms with E-state index in [0.717, 1.165) is 6.42 Å². The van der Waals surface area contributed by atoms with Crippen LogP contribution in [0, 0.1) is 5.41 Å². The number of nitrogens with one attached hydrogen (secondary N) is 1. The van der Waals surface area contributed by atoms with E-state index in [4.69, 9.17) is 0 Å². The Kier molecular flexibility index (Phi) is 5.99. The van der Waals surface area contributed by atoms with Crippen LogP contribution < -0.4 is 5.32 Å². The fraction of sp³-hybridized carbons (Fsp3) is 0.786. The lowest BCUT2D eigenvalue weighted by Crippen LogP contribution is -2.50. The van der Waals surface area contributed by atoms with Crippen molar-refractivity contribution in [3.8, 4) is 0 Å². The van der Waals surface area contributed by atoms with Crippen molar-refractivity contribution in [2.75, 3.05) is 20.7 Å². The molecule has 0 aromatic heterocycles. The van der Waals surface area contributed by atoms with Gasteiger partial charge in [0.05, 0.1) is 12.5 Å². The summed E-state index contributed by atoms with van der Waals surface area (Å²) in [5.74, 6) is -1.18. The molecule has 0 saturated heterocycles. The maximum atomic E-state index is 12.1. The third kappa shape index (κ3) is 4.34. The van der Waals surface area contributed by atoms with Gasteiger partial charge in [0.2, 0.25) is 0 Å². The third-order valence-electron chi connectivity index (χ3n) is 4.19.